The Balaban J connectivity index is 2.39. The van der Waals surface area contributed by atoms with Crippen molar-refractivity contribution in [1.82, 2.24) is 4.90 Å². The number of urea groups is 1. The second-order valence-corrected chi connectivity index (χ2v) is 6.02. The number of amides is 2. The first-order chi connectivity index (χ1) is 9.04. The molecule has 0 aromatic carbocycles. The first-order valence-electron chi connectivity index (χ1n) is 7.72. The molecule has 112 valence electrons. The van der Waals surface area contributed by atoms with Crippen LogP contribution in [0.5, 0.6) is 0 Å². The Kier molecular flexibility index (Phi) is 7.21. The standard InChI is InChI=1S/C15H30N2O2/c1-4-11-19-14-7-5-13(6-8-14)17(15(16)18)10-9-12(2)3/h12-14H,4-11H2,1-3H3,(H2,16,18). The fourth-order valence-electron chi connectivity index (χ4n) is 2.68. The molecule has 1 saturated carbocycles. The lowest BCUT2D eigenvalue weighted by Crippen LogP contribution is -2.46. The van der Waals surface area contributed by atoms with Gasteiger partial charge in [-0.15, -0.1) is 0 Å². The first kappa shape index (κ1) is 16.3. The molecular formula is C15H30N2O2. The second kappa shape index (κ2) is 8.41. The highest BCUT2D eigenvalue weighted by molar-refractivity contribution is 5.72. The number of rotatable bonds is 7. The van der Waals surface area contributed by atoms with Gasteiger partial charge in [0.1, 0.15) is 0 Å². The predicted octanol–water partition coefficient (Wildman–Crippen LogP) is 3.15. The molecule has 0 aromatic heterocycles. The van der Waals surface area contributed by atoms with Crippen molar-refractivity contribution < 1.29 is 9.53 Å². The Bertz CT molecular complexity index is 261. The Morgan fingerprint density at radius 1 is 1.32 bits per heavy atom. The van der Waals surface area contributed by atoms with Crippen LogP contribution in [0.3, 0.4) is 0 Å². The summed E-state index contributed by atoms with van der Waals surface area (Å²) >= 11 is 0. The predicted molar refractivity (Wildman–Crippen MR) is 78.0 cm³/mol. The minimum atomic E-state index is -0.265. The molecule has 1 rings (SSSR count). The Labute approximate surface area is 117 Å². The van der Waals surface area contributed by atoms with Crippen molar-refractivity contribution in [3.63, 3.8) is 0 Å². The van der Waals surface area contributed by atoms with Crippen LogP contribution in [0.25, 0.3) is 0 Å². The number of nitrogens with two attached hydrogens (primary N) is 1. The van der Waals surface area contributed by atoms with Crippen LogP contribution in [0.4, 0.5) is 4.79 Å². The lowest BCUT2D eigenvalue weighted by molar-refractivity contribution is 0.0125. The van der Waals surface area contributed by atoms with Gasteiger partial charge in [0.25, 0.3) is 0 Å². The maximum absolute atomic E-state index is 11.6. The number of hydrogen-bond acceptors (Lipinski definition) is 2. The van der Waals surface area contributed by atoms with Crippen LogP contribution in [-0.2, 0) is 4.74 Å². The third-order valence-electron chi connectivity index (χ3n) is 3.87. The first-order valence-corrected chi connectivity index (χ1v) is 7.72. The van der Waals surface area contributed by atoms with Gasteiger partial charge in [0, 0.05) is 19.2 Å². The quantitative estimate of drug-likeness (QED) is 0.772. The molecule has 0 atom stereocenters. The van der Waals surface area contributed by atoms with Crippen molar-refractivity contribution in [2.75, 3.05) is 13.2 Å². The second-order valence-electron chi connectivity index (χ2n) is 6.02. The van der Waals surface area contributed by atoms with E-state index in [0.29, 0.717) is 18.1 Å². The fourth-order valence-corrected chi connectivity index (χ4v) is 2.68. The average molecular weight is 270 g/mol. The highest BCUT2D eigenvalue weighted by Gasteiger charge is 2.27. The van der Waals surface area contributed by atoms with Gasteiger partial charge in [-0.25, -0.2) is 4.79 Å². The molecule has 1 aliphatic rings. The minimum Gasteiger partial charge on any atom is -0.378 e. The van der Waals surface area contributed by atoms with Crippen LogP contribution in [-0.4, -0.2) is 36.2 Å². The number of primary amides is 1. The van der Waals surface area contributed by atoms with Crippen LogP contribution in [0.2, 0.25) is 0 Å². The average Bonchev–Trinajstić information content (AvgIpc) is 2.37. The number of ether oxygens (including phenoxy) is 1. The summed E-state index contributed by atoms with van der Waals surface area (Å²) in [5.41, 5.74) is 5.52. The summed E-state index contributed by atoms with van der Waals surface area (Å²) in [7, 11) is 0. The van der Waals surface area contributed by atoms with E-state index in [2.05, 4.69) is 20.8 Å². The van der Waals surface area contributed by atoms with E-state index in [1.165, 1.54) is 0 Å². The highest BCUT2D eigenvalue weighted by atomic mass is 16.5. The van der Waals surface area contributed by atoms with E-state index in [9.17, 15) is 4.79 Å². The maximum atomic E-state index is 11.6. The van der Waals surface area contributed by atoms with Crippen LogP contribution < -0.4 is 5.73 Å². The molecule has 0 aromatic rings. The number of carbonyl (C=O) groups is 1. The zero-order valence-electron chi connectivity index (χ0n) is 12.7. The lowest BCUT2D eigenvalue weighted by Gasteiger charge is -2.36. The van der Waals surface area contributed by atoms with Crippen LogP contribution >= 0.6 is 0 Å². The van der Waals surface area contributed by atoms with Gasteiger partial charge in [-0.3, -0.25) is 0 Å². The van der Waals surface area contributed by atoms with E-state index in [4.69, 9.17) is 10.5 Å². The summed E-state index contributed by atoms with van der Waals surface area (Å²) in [6.07, 6.45) is 6.63. The molecule has 0 unspecified atom stereocenters. The van der Waals surface area contributed by atoms with Crippen molar-refractivity contribution in [2.45, 2.75) is 71.4 Å². The van der Waals surface area contributed by atoms with Crippen molar-refractivity contribution in [3.05, 3.63) is 0 Å². The van der Waals surface area contributed by atoms with Gasteiger partial charge < -0.3 is 15.4 Å². The molecule has 0 spiro atoms. The van der Waals surface area contributed by atoms with E-state index in [0.717, 1.165) is 51.7 Å². The van der Waals surface area contributed by atoms with Gasteiger partial charge in [-0.2, -0.15) is 0 Å². The van der Waals surface area contributed by atoms with Crippen molar-refractivity contribution in [3.8, 4) is 0 Å². The Morgan fingerprint density at radius 2 is 1.95 bits per heavy atom. The summed E-state index contributed by atoms with van der Waals surface area (Å²) in [5, 5.41) is 0. The number of carbonyl (C=O) groups excluding carboxylic acids is 1. The van der Waals surface area contributed by atoms with Crippen LogP contribution in [0.15, 0.2) is 0 Å². The lowest BCUT2D eigenvalue weighted by atomic mass is 9.91. The summed E-state index contributed by atoms with van der Waals surface area (Å²) in [6.45, 7) is 8.12. The van der Waals surface area contributed by atoms with Crippen LogP contribution in [0.1, 0.15) is 59.3 Å². The normalized spacial score (nSPS) is 23.6. The molecule has 4 heteroatoms. The van der Waals surface area contributed by atoms with Gasteiger partial charge in [0.2, 0.25) is 0 Å². The third kappa shape index (κ3) is 5.81. The molecule has 2 N–H and O–H groups in total. The molecular weight excluding hydrogens is 240 g/mol. The molecule has 4 nitrogen and oxygen atoms in total. The van der Waals surface area contributed by atoms with Gasteiger partial charge in [-0.05, 0) is 44.4 Å². The fraction of sp³-hybridized carbons (Fsp3) is 0.933. The summed E-state index contributed by atoms with van der Waals surface area (Å²) in [4.78, 5) is 13.5. The summed E-state index contributed by atoms with van der Waals surface area (Å²) in [6, 6.07) is 0.0521. The van der Waals surface area contributed by atoms with E-state index in [1.807, 2.05) is 4.90 Å². The molecule has 0 radical (unpaired) electrons. The molecule has 0 aliphatic heterocycles. The summed E-state index contributed by atoms with van der Waals surface area (Å²) < 4.78 is 5.78. The zero-order chi connectivity index (χ0) is 14.3. The van der Waals surface area contributed by atoms with E-state index in [-0.39, 0.29) is 6.03 Å². The van der Waals surface area contributed by atoms with Gasteiger partial charge in [-0.1, -0.05) is 20.8 Å². The smallest absolute Gasteiger partial charge is 0.315 e. The monoisotopic (exact) mass is 270 g/mol. The van der Waals surface area contributed by atoms with Gasteiger partial charge in [0.15, 0.2) is 0 Å². The Morgan fingerprint density at radius 3 is 2.42 bits per heavy atom. The molecule has 2 amide bonds. The molecule has 0 heterocycles. The van der Waals surface area contributed by atoms with Crippen molar-refractivity contribution >= 4 is 6.03 Å². The zero-order valence-corrected chi connectivity index (χ0v) is 12.7. The largest absolute Gasteiger partial charge is 0.378 e. The van der Waals surface area contributed by atoms with E-state index >= 15 is 0 Å². The molecule has 1 fully saturated rings. The number of hydrogen-bond donors (Lipinski definition) is 1. The molecule has 1 aliphatic carbocycles. The summed E-state index contributed by atoms with van der Waals surface area (Å²) in [5.74, 6) is 0.603. The minimum absolute atomic E-state index is 0.265. The Hall–Kier alpha value is -0.770. The molecule has 19 heavy (non-hydrogen) atoms. The number of nitrogens with zero attached hydrogens (tertiary/aromatic N) is 1. The van der Waals surface area contributed by atoms with Crippen LogP contribution in [0, 0.1) is 5.92 Å². The van der Waals surface area contributed by atoms with E-state index in [1.54, 1.807) is 0 Å². The van der Waals surface area contributed by atoms with E-state index < -0.39 is 0 Å². The van der Waals surface area contributed by atoms with Crippen molar-refractivity contribution in [1.29, 1.82) is 0 Å². The third-order valence-corrected chi connectivity index (χ3v) is 3.87. The highest BCUT2D eigenvalue weighted by Crippen LogP contribution is 2.25. The topological polar surface area (TPSA) is 55.6 Å². The molecule has 0 saturated heterocycles. The SMILES string of the molecule is CCCOC1CCC(N(CCC(C)C)C(N)=O)CC1. The van der Waals surface area contributed by atoms with Gasteiger partial charge in [0.05, 0.1) is 6.10 Å². The van der Waals surface area contributed by atoms with Gasteiger partial charge >= 0.3 is 6.03 Å². The molecule has 0 bridgehead atoms. The maximum Gasteiger partial charge on any atom is 0.315 e. The van der Waals surface area contributed by atoms with Crippen molar-refractivity contribution in [2.24, 2.45) is 11.7 Å².